The van der Waals surface area contributed by atoms with Gasteiger partial charge in [0.25, 0.3) is 5.56 Å². The molecule has 184 valence electrons. The fourth-order valence-corrected chi connectivity index (χ4v) is 5.74. The Bertz CT molecular complexity index is 1660. The number of rotatable bonds is 8. The molecule has 0 fully saturated rings. The molecule has 1 aromatic heterocycles. The van der Waals surface area contributed by atoms with Crippen molar-refractivity contribution in [2.45, 2.75) is 17.9 Å². The van der Waals surface area contributed by atoms with E-state index in [-0.39, 0.29) is 29.3 Å². The minimum atomic E-state index is -3.67. The number of aromatic nitrogens is 1. The number of pyridine rings is 1. The molecule has 8 nitrogen and oxygen atoms in total. The van der Waals surface area contributed by atoms with Crippen molar-refractivity contribution >= 4 is 26.6 Å². The van der Waals surface area contributed by atoms with Crippen LogP contribution in [0.25, 0.3) is 22.0 Å². The molecule has 1 aliphatic rings. The van der Waals surface area contributed by atoms with Gasteiger partial charge in [0.2, 0.25) is 10.0 Å². The summed E-state index contributed by atoms with van der Waals surface area (Å²) >= 11 is 0. The van der Waals surface area contributed by atoms with Crippen LogP contribution in [-0.4, -0.2) is 39.5 Å². The van der Waals surface area contributed by atoms with E-state index in [9.17, 15) is 18.0 Å². The lowest BCUT2D eigenvalue weighted by molar-refractivity contribution is 0.104. The summed E-state index contributed by atoms with van der Waals surface area (Å²) in [5, 5.41) is 0.826. The lowest BCUT2D eigenvalue weighted by atomic mass is 10.0. The van der Waals surface area contributed by atoms with Crippen LogP contribution in [0.2, 0.25) is 0 Å². The molecule has 5 rings (SSSR count). The van der Waals surface area contributed by atoms with Crippen LogP contribution in [0, 0.1) is 0 Å². The van der Waals surface area contributed by atoms with Crippen molar-refractivity contribution in [3.05, 3.63) is 88.2 Å². The number of ketones is 1. The zero-order valence-electron chi connectivity index (χ0n) is 19.8. The van der Waals surface area contributed by atoms with Crippen LogP contribution in [-0.2, 0) is 16.6 Å². The molecule has 0 aliphatic heterocycles. The first-order valence-electron chi connectivity index (χ1n) is 11.4. The molecule has 0 radical (unpaired) electrons. The van der Waals surface area contributed by atoms with Gasteiger partial charge >= 0.3 is 0 Å². The number of nitrogens with one attached hydrogen (secondary N) is 1. The van der Waals surface area contributed by atoms with Gasteiger partial charge in [-0.3, -0.25) is 9.59 Å². The molecule has 1 heterocycles. The number of methoxy groups -OCH3 is 2. The average molecular weight is 505 g/mol. The Morgan fingerprint density at radius 3 is 2.11 bits per heavy atom. The molecule has 0 saturated heterocycles. The van der Waals surface area contributed by atoms with Crippen LogP contribution < -0.4 is 19.8 Å². The van der Waals surface area contributed by atoms with E-state index >= 15 is 0 Å². The molecule has 1 N–H and O–H groups in total. The Labute approximate surface area is 208 Å². The quantitative estimate of drug-likeness (QED) is 0.324. The Morgan fingerprint density at radius 1 is 0.833 bits per heavy atom. The van der Waals surface area contributed by atoms with E-state index < -0.39 is 10.0 Å². The van der Waals surface area contributed by atoms with E-state index in [4.69, 9.17) is 9.47 Å². The first-order valence-corrected chi connectivity index (χ1v) is 12.9. The average Bonchev–Trinajstić information content (AvgIpc) is 3.20. The van der Waals surface area contributed by atoms with Crippen molar-refractivity contribution in [1.82, 2.24) is 9.29 Å². The largest absolute Gasteiger partial charge is 0.493 e. The summed E-state index contributed by atoms with van der Waals surface area (Å²) < 4.78 is 40.1. The van der Waals surface area contributed by atoms with Crippen LogP contribution in [0.1, 0.15) is 22.3 Å². The highest BCUT2D eigenvalue weighted by Crippen LogP contribution is 2.41. The van der Waals surface area contributed by atoms with Gasteiger partial charge in [-0.05, 0) is 30.7 Å². The van der Waals surface area contributed by atoms with E-state index in [1.165, 1.54) is 26.4 Å². The Balaban J connectivity index is 1.57. The van der Waals surface area contributed by atoms with Crippen molar-refractivity contribution in [1.29, 1.82) is 0 Å². The Kier molecular flexibility index (Phi) is 6.11. The number of hydrogen-bond acceptors (Lipinski definition) is 6. The smallest absolute Gasteiger partial charge is 0.259 e. The fraction of sp³-hybridized carbons (Fsp3) is 0.185. The molecule has 0 spiro atoms. The molecule has 0 saturated carbocycles. The second-order valence-corrected chi connectivity index (χ2v) is 10.1. The molecule has 0 bridgehead atoms. The SMILES string of the molecule is COc1cc2c3c(n(CCCNS(=O)(=O)c4ccccc4)c(=O)c2cc1OC)-c1ccccc1C3=O. The summed E-state index contributed by atoms with van der Waals surface area (Å²) in [4.78, 5) is 27.3. The van der Waals surface area contributed by atoms with Crippen LogP contribution >= 0.6 is 0 Å². The number of benzene rings is 3. The van der Waals surface area contributed by atoms with Gasteiger partial charge in [0.1, 0.15) is 0 Å². The molecule has 36 heavy (non-hydrogen) atoms. The zero-order chi connectivity index (χ0) is 25.4. The number of carbonyl (C=O) groups excluding carboxylic acids is 1. The van der Waals surface area contributed by atoms with Gasteiger partial charge in [-0.15, -0.1) is 0 Å². The predicted octanol–water partition coefficient (Wildman–Crippen LogP) is 3.60. The maximum Gasteiger partial charge on any atom is 0.259 e. The first-order chi connectivity index (χ1) is 17.4. The molecule has 0 atom stereocenters. The van der Waals surface area contributed by atoms with E-state index in [1.54, 1.807) is 47.0 Å². The maximum atomic E-state index is 13.7. The third-order valence-corrected chi connectivity index (χ3v) is 7.81. The number of ether oxygens (including phenoxy) is 2. The Hall–Kier alpha value is -3.95. The first kappa shape index (κ1) is 23.8. The van der Waals surface area contributed by atoms with Gasteiger partial charge in [-0.1, -0.05) is 42.5 Å². The van der Waals surface area contributed by atoms with Crippen LogP contribution in [0.4, 0.5) is 0 Å². The molecule has 1 aliphatic carbocycles. The predicted molar refractivity (Wildman–Crippen MR) is 136 cm³/mol. The molecule has 4 aromatic rings. The highest BCUT2D eigenvalue weighted by atomic mass is 32.2. The zero-order valence-corrected chi connectivity index (χ0v) is 20.6. The Morgan fingerprint density at radius 2 is 1.44 bits per heavy atom. The summed E-state index contributed by atoms with van der Waals surface area (Å²) in [7, 11) is -0.687. The second kappa shape index (κ2) is 9.25. The molecule has 0 unspecified atom stereocenters. The van der Waals surface area contributed by atoms with Crippen LogP contribution in [0.5, 0.6) is 11.5 Å². The molecule has 0 amide bonds. The number of nitrogens with zero attached hydrogens (tertiary/aromatic N) is 1. The topological polar surface area (TPSA) is 104 Å². The molecule has 3 aromatic carbocycles. The summed E-state index contributed by atoms with van der Waals surface area (Å²) in [6.45, 7) is 0.336. The van der Waals surface area contributed by atoms with Gasteiger partial charge in [-0.2, -0.15) is 0 Å². The third-order valence-electron chi connectivity index (χ3n) is 6.33. The number of sulfonamides is 1. The highest BCUT2D eigenvalue weighted by Gasteiger charge is 2.33. The number of fused-ring (bicyclic) bond motifs is 5. The number of carbonyl (C=O) groups is 1. The monoisotopic (exact) mass is 504 g/mol. The summed E-state index contributed by atoms with van der Waals surface area (Å²) in [6.07, 6.45) is 0.341. The minimum absolute atomic E-state index is 0.123. The van der Waals surface area contributed by atoms with E-state index in [2.05, 4.69) is 4.72 Å². The van der Waals surface area contributed by atoms with Crippen molar-refractivity contribution in [2.75, 3.05) is 20.8 Å². The van der Waals surface area contributed by atoms with E-state index in [0.29, 0.717) is 51.1 Å². The lowest BCUT2D eigenvalue weighted by Crippen LogP contribution is -2.28. The molecular weight excluding hydrogens is 480 g/mol. The van der Waals surface area contributed by atoms with Gasteiger partial charge < -0.3 is 14.0 Å². The second-order valence-electron chi connectivity index (χ2n) is 8.37. The van der Waals surface area contributed by atoms with Crippen LogP contribution in [0.15, 0.2) is 76.4 Å². The summed E-state index contributed by atoms with van der Waals surface area (Å²) in [6, 6.07) is 18.5. The van der Waals surface area contributed by atoms with Crippen LogP contribution in [0.3, 0.4) is 0 Å². The summed E-state index contributed by atoms with van der Waals surface area (Å²) in [5.41, 5.74) is 1.87. The van der Waals surface area contributed by atoms with Crippen molar-refractivity contribution < 1.29 is 22.7 Å². The highest BCUT2D eigenvalue weighted by molar-refractivity contribution is 7.89. The van der Waals surface area contributed by atoms with E-state index in [1.807, 2.05) is 12.1 Å². The van der Waals surface area contributed by atoms with Gasteiger partial charge in [0.05, 0.1) is 35.8 Å². The van der Waals surface area contributed by atoms with Gasteiger partial charge in [0, 0.05) is 29.6 Å². The van der Waals surface area contributed by atoms with Crippen molar-refractivity contribution in [3.8, 4) is 22.8 Å². The fourth-order valence-electron chi connectivity index (χ4n) is 4.64. The van der Waals surface area contributed by atoms with Gasteiger partial charge in [-0.25, -0.2) is 13.1 Å². The molecular formula is C27H24N2O6S. The maximum absolute atomic E-state index is 13.7. The summed E-state index contributed by atoms with van der Waals surface area (Å²) in [5.74, 6) is 0.631. The lowest BCUT2D eigenvalue weighted by Gasteiger charge is -2.17. The minimum Gasteiger partial charge on any atom is -0.493 e. The normalized spacial score (nSPS) is 12.4. The van der Waals surface area contributed by atoms with E-state index in [0.717, 1.165) is 0 Å². The number of hydrogen-bond donors (Lipinski definition) is 1. The van der Waals surface area contributed by atoms with Gasteiger partial charge in [0.15, 0.2) is 17.3 Å². The standard InChI is InChI=1S/C27H24N2O6S/c1-34-22-15-20-21(16-23(22)35-2)27(31)29(25-18-11-6-7-12-19(18)26(30)24(20)25)14-8-13-28-36(32,33)17-9-4-3-5-10-17/h3-7,9-12,15-16,28H,8,13-14H2,1-2H3. The van der Waals surface area contributed by atoms with Crippen molar-refractivity contribution in [2.24, 2.45) is 0 Å². The van der Waals surface area contributed by atoms with Crippen molar-refractivity contribution in [3.63, 3.8) is 0 Å². The third kappa shape index (κ3) is 3.86. The molecule has 9 heteroatoms.